The second kappa shape index (κ2) is 5.27. The minimum Gasteiger partial charge on any atom is -0.306 e. The molecule has 2 rings (SSSR count). The van der Waals surface area contributed by atoms with E-state index < -0.39 is 0 Å². The summed E-state index contributed by atoms with van der Waals surface area (Å²) in [6.07, 6.45) is 4.94. The van der Waals surface area contributed by atoms with E-state index in [2.05, 4.69) is 20.6 Å². The van der Waals surface area contributed by atoms with Gasteiger partial charge in [0.05, 0.1) is 11.9 Å². The van der Waals surface area contributed by atoms with E-state index in [1.165, 1.54) is 0 Å². The van der Waals surface area contributed by atoms with Gasteiger partial charge in [-0.1, -0.05) is 0 Å². The number of carbonyl (C=O) groups is 1. The van der Waals surface area contributed by atoms with Gasteiger partial charge in [0, 0.05) is 12.4 Å². The molecule has 2 amide bonds. The summed E-state index contributed by atoms with van der Waals surface area (Å²) in [7, 11) is 0. The molecule has 0 radical (unpaired) electrons. The number of nitrogens with one attached hydrogen (secondary N) is 2. The molecule has 0 fully saturated rings. The Balaban J connectivity index is 2.03. The van der Waals surface area contributed by atoms with Gasteiger partial charge in [0.15, 0.2) is 0 Å². The van der Waals surface area contributed by atoms with E-state index in [9.17, 15) is 4.79 Å². The highest BCUT2D eigenvalue weighted by molar-refractivity contribution is 5.99. The van der Waals surface area contributed by atoms with Crippen LogP contribution in [0.25, 0.3) is 0 Å². The molecule has 2 aromatic rings. The molecule has 0 saturated carbocycles. The predicted molar refractivity (Wildman–Crippen MR) is 70.6 cm³/mol. The fourth-order valence-electron chi connectivity index (χ4n) is 1.47. The largest absolute Gasteiger partial charge is 0.324 e. The van der Waals surface area contributed by atoms with E-state index in [1.807, 2.05) is 26.0 Å². The van der Waals surface area contributed by atoms with E-state index in [-0.39, 0.29) is 6.03 Å². The highest BCUT2D eigenvalue weighted by Crippen LogP contribution is 2.12. The number of hydrogen-bond donors (Lipinski definition) is 2. The molecule has 2 N–H and O–H groups in total. The molecule has 0 bridgehead atoms. The molecular weight excluding hydrogens is 228 g/mol. The van der Waals surface area contributed by atoms with Crippen molar-refractivity contribution in [2.45, 2.75) is 13.8 Å². The Kier molecular flexibility index (Phi) is 3.52. The Morgan fingerprint density at radius 3 is 2.72 bits per heavy atom. The maximum atomic E-state index is 11.8. The number of aryl methyl sites for hydroxylation is 2. The van der Waals surface area contributed by atoms with Crippen LogP contribution in [0.2, 0.25) is 0 Å². The van der Waals surface area contributed by atoms with Crippen LogP contribution in [0.4, 0.5) is 16.3 Å². The molecule has 0 atom stereocenters. The van der Waals surface area contributed by atoms with Crippen LogP contribution in [-0.4, -0.2) is 16.0 Å². The zero-order valence-electron chi connectivity index (χ0n) is 10.3. The quantitative estimate of drug-likeness (QED) is 0.850. The first-order chi connectivity index (χ1) is 8.65. The van der Waals surface area contributed by atoms with Gasteiger partial charge in [0.25, 0.3) is 0 Å². The summed E-state index contributed by atoms with van der Waals surface area (Å²) in [6, 6.07) is 5.18. The van der Waals surface area contributed by atoms with Crippen molar-refractivity contribution in [2.75, 3.05) is 10.6 Å². The molecule has 18 heavy (non-hydrogen) atoms. The number of hydrogen-bond acceptors (Lipinski definition) is 3. The van der Waals surface area contributed by atoms with Crippen LogP contribution >= 0.6 is 0 Å². The van der Waals surface area contributed by atoms with Crippen LogP contribution in [0.15, 0.2) is 36.8 Å². The van der Waals surface area contributed by atoms with Gasteiger partial charge in [-0.3, -0.25) is 10.3 Å². The Labute approximate surface area is 105 Å². The van der Waals surface area contributed by atoms with Gasteiger partial charge in [0.2, 0.25) is 0 Å². The summed E-state index contributed by atoms with van der Waals surface area (Å²) in [5.41, 5.74) is 2.68. The Morgan fingerprint density at radius 2 is 2.00 bits per heavy atom. The summed E-state index contributed by atoms with van der Waals surface area (Å²) in [6.45, 7) is 3.85. The van der Waals surface area contributed by atoms with Gasteiger partial charge >= 0.3 is 6.03 Å². The maximum Gasteiger partial charge on any atom is 0.324 e. The maximum absolute atomic E-state index is 11.8. The lowest BCUT2D eigenvalue weighted by molar-refractivity contribution is 0.262. The topological polar surface area (TPSA) is 66.9 Å². The summed E-state index contributed by atoms with van der Waals surface area (Å²) < 4.78 is 0. The molecule has 2 heterocycles. The highest BCUT2D eigenvalue weighted by atomic mass is 16.2. The van der Waals surface area contributed by atoms with Crippen molar-refractivity contribution in [3.05, 3.63) is 47.9 Å². The SMILES string of the molecule is Cc1ccnc(NC(=O)Nc2cnccc2C)c1. The van der Waals surface area contributed by atoms with Crippen molar-refractivity contribution < 1.29 is 4.79 Å². The molecular formula is C13H14N4O. The molecule has 0 aliphatic carbocycles. The van der Waals surface area contributed by atoms with Crippen LogP contribution in [0.3, 0.4) is 0 Å². The summed E-state index contributed by atoms with van der Waals surface area (Å²) in [5, 5.41) is 5.40. The van der Waals surface area contributed by atoms with E-state index >= 15 is 0 Å². The van der Waals surface area contributed by atoms with E-state index in [0.29, 0.717) is 11.5 Å². The number of carbonyl (C=O) groups excluding carboxylic acids is 1. The summed E-state index contributed by atoms with van der Waals surface area (Å²) >= 11 is 0. The standard InChI is InChI=1S/C13H14N4O/c1-9-3-6-15-12(7-9)17-13(18)16-11-8-14-5-4-10(11)2/h3-8H,1-2H3,(H2,15,16,17,18). The molecule has 5 nitrogen and oxygen atoms in total. The van der Waals surface area contributed by atoms with Gasteiger partial charge in [0.1, 0.15) is 5.82 Å². The zero-order chi connectivity index (χ0) is 13.0. The minimum atomic E-state index is -0.329. The first-order valence-electron chi connectivity index (χ1n) is 5.56. The number of urea groups is 1. The summed E-state index contributed by atoms with van der Waals surface area (Å²) in [4.78, 5) is 19.8. The molecule has 2 aromatic heterocycles. The van der Waals surface area contributed by atoms with E-state index in [1.54, 1.807) is 24.7 Å². The molecule has 92 valence electrons. The zero-order valence-corrected chi connectivity index (χ0v) is 10.3. The second-order valence-corrected chi connectivity index (χ2v) is 3.99. The summed E-state index contributed by atoms with van der Waals surface area (Å²) in [5.74, 6) is 0.522. The van der Waals surface area contributed by atoms with E-state index in [4.69, 9.17) is 0 Å². The molecule has 0 unspecified atom stereocenters. The molecule has 0 aromatic carbocycles. The third kappa shape index (κ3) is 3.04. The fourth-order valence-corrected chi connectivity index (χ4v) is 1.47. The van der Waals surface area contributed by atoms with Crippen LogP contribution in [0, 0.1) is 13.8 Å². The highest BCUT2D eigenvalue weighted by Gasteiger charge is 2.05. The second-order valence-electron chi connectivity index (χ2n) is 3.99. The predicted octanol–water partition coefficient (Wildman–Crippen LogP) is 2.74. The Bertz CT molecular complexity index is 568. The first kappa shape index (κ1) is 12.0. The van der Waals surface area contributed by atoms with Crippen molar-refractivity contribution in [3.63, 3.8) is 0 Å². The van der Waals surface area contributed by atoms with Crippen LogP contribution in [0.1, 0.15) is 11.1 Å². The smallest absolute Gasteiger partial charge is 0.306 e. The molecule has 0 spiro atoms. The van der Waals surface area contributed by atoms with Crippen LogP contribution in [-0.2, 0) is 0 Å². The van der Waals surface area contributed by atoms with Gasteiger partial charge in [-0.2, -0.15) is 0 Å². The number of amides is 2. The van der Waals surface area contributed by atoms with Gasteiger partial charge in [-0.15, -0.1) is 0 Å². The Hall–Kier alpha value is -2.43. The van der Waals surface area contributed by atoms with Crippen molar-refractivity contribution >= 4 is 17.5 Å². The number of aromatic nitrogens is 2. The van der Waals surface area contributed by atoms with Gasteiger partial charge < -0.3 is 5.32 Å². The van der Waals surface area contributed by atoms with Crippen molar-refractivity contribution in [3.8, 4) is 0 Å². The van der Waals surface area contributed by atoms with Gasteiger partial charge in [-0.05, 0) is 43.2 Å². The monoisotopic (exact) mass is 242 g/mol. The average molecular weight is 242 g/mol. The lowest BCUT2D eigenvalue weighted by Gasteiger charge is -2.08. The molecule has 0 aliphatic rings. The normalized spacial score (nSPS) is 9.89. The molecule has 5 heteroatoms. The fraction of sp³-hybridized carbons (Fsp3) is 0.154. The number of nitrogens with zero attached hydrogens (tertiary/aromatic N) is 2. The number of pyridine rings is 2. The number of anilines is 2. The first-order valence-corrected chi connectivity index (χ1v) is 5.56. The Morgan fingerprint density at radius 1 is 1.17 bits per heavy atom. The minimum absolute atomic E-state index is 0.329. The molecule has 0 saturated heterocycles. The van der Waals surface area contributed by atoms with Gasteiger partial charge in [-0.25, -0.2) is 9.78 Å². The van der Waals surface area contributed by atoms with Crippen molar-refractivity contribution in [1.29, 1.82) is 0 Å². The number of rotatable bonds is 2. The van der Waals surface area contributed by atoms with Crippen molar-refractivity contribution in [1.82, 2.24) is 9.97 Å². The lowest BCUT2D eigenvalue weighted by Crippen LogP contribution is -2.20. The molecule has 0 aliphatic heterocycles. The average Bonchev–Trinajstić information content (AvgIpc) is 2.32. The van der Waals surface area contributed by atoms with E-state index in [0.717, 1.165) is 11.1 Å². The van der Waals surface area contributed by atoms with Crippen molar-refractivity contribution in [2.24, 2.45) is 0 Å². The van der Waals surface area contributed by atoms with Crippen LogP contribution in [0.5, 0.6) is 0 Å². The third-order valence-corrected chi connectivity index (χ3v) is 2.44. The lowest BCUT2D eigenvalue weighted by atomic mass is 10.2. The van der Waals surface area contributed by atoms with Crippen LogP contribution < -0.4 is 10.6 Å². The third-order valence-electron chi connectivity index (χ3n) is 2.44.